The van der Waals surface area contributed by atoms with Crippen LogP contribution >= 0.6 is 0 Å². The van der Waals surface area contributed by atoms with Crippen molar-refractivity contribution in [2.45, 2.75) is 18.9 Å². The molecule has 1 atom stereocenters. The molecule has 4 heteroatoms. The van der Waals surface area contributed by atoms with Crippen LogP contribution in [-0.2, 0) is 9.59 Å². The first-order valence-corrected chi connectivity index (χ1v) is 5.65. The zero-order chi connectivity index (χ0) is 11.8. The fourth-order valence-corrected chi connectivity index (χ4v) is 2.32. The Balaban J connectivity index is 2.04. The summed E-state index contributed by atoms with van der Waals surface area (Å²) in [6.45, 7) is 0. The van der Waals surface area contributed by atoms with E-state index in [9.17, 15) is 9.59 Å². The molecule has 0 spiro atoms. The lowest BCUT2D eigenvalue weighted by atomic mass is 10.1. The van der Waals surface area contributed by atoms with E-state index in [2.05, 4.69) is 5.32 Å². The summed E-state index contributed by atoms with van der Waals surface area (Å²) in [6.07, 6.45) is 2.89. The number of carbonyl (C=O) groups is 2. The molecule has 1 aromatic heterocycles. The first-order valence-electron chi connectivity index (χ1n) is 5.65. The van der Waals surface area contributed by atoms with Crippen molar-refractivity contribution < 1.29 is 9.59 Å². The van der Waals surface area contributed by atoms with E-state index in [-0.39, 0.29) is 17.9 Å². The van der Waals surface area contributed by atoms with Crippen molar-refractivity contribution in [1.82, 2.24) is 9.88 Å². The van der Waals surface area contributed by atoms with Gasteiger partial charge in [-0.05, 0) is 23.9 Å². The third-order valence-electron chi connectivity index (χ3n) is 3.18. The van der Waals surface area contributed by atoms with Crippen LogP contribution < -0.4 is 5.32 Å². The summed E-state index contributed by atoms with van der Waals surface area (Å²) >= 11 is 0. The summed E-state index contributed by atoms with van der Waals surface area (Å²) in [5.74, 6) is -0.384. The van der Waals surface area contributed by atoms with Crippen LogP contribution in [0.4, 0.5) is 0 Å². The molecule has 0 bridgehead atoms. The molecule has 86 valence electrons. The number of fused-ring (bicyclic) bond motifs is 1. The van der Waals surface area contributed by atoms with E-state index in [1.807, 2.05) is 41.1 Å². The lowest BCUT2D eigenvalue weighted by molar-refractivity contribution is -0.135. The Bertz CT molecular complexity index is 600. The van der Waals surface area contributed by atoms with Crippen molar-refractivity contribution in [2.75, 3.05) is 0 Å². The molecule has 3 rings (SSSR count). The number of nitrogens with one attached hydrogen (secondary N) is 1. The SMILES string of the molecule is O=C1CCC(n2ccc3ccccc32)C(=O)N1. The van der Waals surface area contributed by atoms with Gasteiger partial charge in [-0.1, -0.05) is 18.2 Å². The maximum atomic E-state index is 11.8. The first kappa shape index (κ1) is 10.1. The molecule has 2 heterocycles. The molecule has 1 fully saturated rings. The smallest absolute Gasteiger partial charge is 0.249 e. The highest BCUT2D eigenvalue weighted by Gasteiger charge is 2.28. The van der Waals surface area contributed by atoms with E-state index in [4.69, 9.17) is 0 Å². The van der Waals surface area contributed by atoms with E-state index in [0.717, 1.165) is 10.9 Å². The Kier molecular flexibility index (Phi) is 2.21. The second-order valence-corrected chi connectivity index (χ2v) is 4.25. The van der Waals surface area contributed by atoms with Gasteiger partial charge in [-0.25, -0.2) is 0 Å². The maximum Gasteiger partial charge on any atom is 0.249 e. The largest absolute Gasteiger partial charge is 0.335 e. The number of hydrogen-bond acceptors (Lipinski definition) is 2. The quantitative estimate of drug-likeness (QED) is 0.754. The minimum Gasteiger partial charge on any atom is -0.335 e. The van der Waals surface area contributed by atoms with Crippen LogP contribution in [0.15, 0.2) is 36.5 Å². The number of aromatic nitrogens is 1. The highest BCUT2D eigenvalue weighted by Crippen LogP contribution is 2.24. The predicted octanol–water partition coefficient (Wildman–Crippen LogP) is 1.62. The molecule has 0 aliphatic carbocycles. The number of hydrogen-bond donors (Lipinski definition) is 1. The zero-order valence-electron chi connectivity index (χ0n) is 9.22. The number of amides is 2. The Hall–Kier alpha value is -2.10. The van der Waals surface area contributed by atoms with Gasteiger partial charge in [-0.3, -0.25) is 14.9 Å². The second kappa shape index (κ2) is 3.73. The molecule has 2 amide bonds. The average Bonchev–Trinajstić information content (AvgIpc) is 2.73. The molecule has 4 nitrogen and oxygen atoms in total. The van der Waals surface area contributed by atoms with Crippen LogP contribution in [0.2, 0.25) is 0 Å². The number of benzene rings is 1. The molecule has 1 aliphatic rings. The van der Waals surface area contributed by atoms with Crippen LogP contribution in [0.1, 0.15) is 18.9 Å². The highest BCUT2D eigenvalue weighted by molar-refractivity contribution is 6.00. The van der Waals surface area contributed by atoms with Crippen molar-refractivity contribution in [3.05, 3.63) is 36.5 Å². The monoisotopic (exact) mass is 228 g/mol. The predicted molar refractivity (Wildman–Crippen MR) is 63.4 cm³/mol. The summed E-state index contributed by atoms with van der Waals surface area (Å²) in [5.41, 5.74) is 1.03. The van der Waals surface area contributed by atoms with Crippen LogP contribution in [0, 0.1) is 0 Å². The number of imide groups is 1. The second-order valence-electron chi connectivity index (χ2n) is 4.25. The molecule has 1 saturated heterocycles. The fraction of sp³-hybridized carbons (Fsp3) is 0.231. The van der Waals surface area contributed by atoms with Gasteiger partial charge in [-0.15, -0.1) is 0 Å². The molecular weight excluding hydrogens is 216 g/mol. The van der Waals surface area contributed by atoms with Crippen molar-refractivity contribution >= 4 is 22.7 Å². The van der Waals surface area contributed by atoms with Gasteiger partial charge >= 0.3 is 0 Å². The highest BCUT2D eigenvalue weighted by atomic mass is 16.2. The van der Waals surface area contributed by atoms with Gasteiger partial charge in [0.1, 0.15) is 6.04 Å². The molecule has 0 radical (unpaired) electrons. The molecule has 1 aliphatic heterocycles. The summed E-state index contributed by atoms with van der Waals surface area (Å²) in [5, 5.41) is 3.49. The number of para-hydroxylation sites is 1. The third-order valence-corrected chi connectivity index (χ3v) is 3.18. The Morgan fingerprint density at radius 3 is 2.82 bits per heavy atom. The summed E-state index contributed by atoms with van der Waals surface area (Å²) < 4.78 is 1.94. The van der Waals surface area contributed by atoms with E-state index < -0.39 is 0 Å². The fourth-order valence-electron chi connectivity index (χ4n) is 2.32. The molecule has 0 saturated carbocycles. The van der Waals surface area contributed by atoms with Gasteiger partial charge in [0.05, 0.1) is 0 Å². The molecule has 1 unspecified atom stereocenters. The Morgan fingerprint density at radius 2 is 2.00 bits per heavy atom. The van der Waals surface area contributed by atoms with Gasteiger partial charge in [0.15, 0.2) is 0 Å². The summed E-state index contributed by atoms with van der Waals surface area (Å²) in [4.78, 5) is 22.9. The standard InChI is InChI=1S/C13H12N2O2/c16-12-6-5-11(13(17)14-12)15-8-7-9-3-1-2-4-10(9)15/h1-4,7-8,11H,5-6H2,(H,14,16,17). The van der Waals surface area contributed by atoms with Gasteiger partial charge in [0.25, 0.3) is 0 Å². The number of rotatable bonds is 1. The lowest BCUT2D eigenvalue weighted by Crippen LogP contribution is -2.41. The Morgan fingerprint density at radius 1 is 1.18 bits per heavy atom. The first-order chi connectivity index (χ1) is 8.25. The lowest BCUT2D eigenvalue weighted by Gasteiger charge is -2.23. The molecule has 1 aromatic carbocycles. The Labute approximate surface area is 98.2 Å². The molecule has 2 aromatic rings. The minimum absolute atomic E-state index is 0.178. The van der Waals surface area contributed by atoms with E-state index in [0.29, 0.717) is 12.8 Å². The molecule has 1 N–H and O–H groups in total. The minimum atomic E-state index is -0.271. The van der Waals surface area contributed by atoms with Crippen molar-refractivity contribution in [3.8, 4) is 0 Å². The van der Waals surface area contributed by atoms with Crippen molar-refractivity contribution in [1.29, 1.82) is 0 Å². The van der Waals surface area contributed by atoms with Gasteiger partial charge < -0.3 is 4.57 Å². The van der Waals surface area contributed by atoms with Crippen molar-refractivity contribution in [2.24, 2.45) is 0 Å². The van der Waals surface area contributed by atoms with E-state index >= 15 is 0 Å². The topological polar surface area (TPSA) is 51.1 Å². The average molecular weight is 228 g/mol. The normalized spacial score (nSPS) is 20.6. The van der Waals surface area contributed by atoms with Crippen LogP contribution in [0.5, 0.6) is 0 Å². The van der Waals surface area contributed by atoms with Crippen LogP contribution in [0.3, 0.4) is 0 Å². The molecular formula is C13H12N2O2. The third kappa shape index (κ3) is 1.62. The van der Waals surface area contributed by atoms with E-state index in [1.165, 1.54) is 0 Å². The maximum absolute atomic E-state index is 11.8. The van der Waals surface area contributed by atoms with Gasteiger partial charge in [-0.2, -0.15) is 0 Å². The van der Waals surface area contributed by atoms with Crippen molar-refractivity contribution in [3.63, 3.8) is 0 Å². The zero-order valence-corrected chi connectivity index (χ0v) is 9.22. The van der Waals surface area contributed by atoms with E-state index in [1.54, 1.807) is 0 Å². The van der Waals surface area contributed by atoms with Crippen LogP contribution in [0.25, 0.3) is 10.9 Å². The molecule has 17 heavy (non-hydrogen) atoms. The number of carbonyl (C=O) groups excluding carboxylic acids is 2. The summed E-state index contributed by atoms with van der Waals surface area (Å²) in [7, 11) is 0. The summed E-state index contributed by atoms with van der Waals surface area (Å²) in [6, 6.07) is 9.63. The van der Waals surface area contributed by atoms with Crippen LogP contribution in [-0.4, -0.2) is 16.4 Å². The van der Waals surface area contributed by atoms with Gasteiger partial charge in [0.2, 0.25) is 11.8 Å². The number of nitrogens with zero attached hydrogens (tertiary/aromatic N) is 1. The number of piperidine rings is 1. The van der Waals surface area contributed by atoms with Gasteiger partial charge in [0, 0.05) is 18.1 Å².